The van der Waals surface area contributed by atoms with Crippen LogP contribution in [-0.2, 0) is 29.0 Å². The minimum atomic E-state index is -0.723. The Labute approximate surface area is 212 Å². The zero-order valence-corrected chi connectivity index (χ0v) is 20.9. The molecule has 2 amide bonds. The number of methoxy groups -OCH3 is 2. The summed E-state index contributed by atoms with van der Waals surface area (Å²) in [6.45, 7) is 0.608. The molecule has 36 heavy (non-hydrogen) atoms. The van der Waals surface area contributed by atoms with Gasteiger partial charge in [-0.25, -0.2) is 0 Å². The molecule has 0 aliphatic rings. The molecule has 0 saturated heterocycles. The van der Waals surface area contributed by atoms with Crippen molar-refractivity contribution in [3.8, 4) is 11.5 Å². The average molecular weight is 491 g/mol. The van der Waals surface area contributed by atoms with Crippen LogP contribution in [0.5, 0.6) is 11.5 Å². The number of carbonyl (C=O) groups excluding carboxylic acids is 2. The molecule has 7 heteroatoms. The second-order valence-electron chi connectivity index (χ2n) is 8.45. The minimum absolute atomic E-state index is 0.0183. The predicted molar refractivity (Wildman–Crippen MR) is 139 cm³/mol. The van der Waals surface area contributed by atoms with E-state index in [9.17, 15) is 9.59 Å². The number of hydrogen-bond acceptors (Lipinski definition) is 5. The lowest BCUT2D eigenvalue weighted by molar-refractivity contribution is -0.140. The number of carbonyl (C=O) groups is 2. The van der Waals surface area contributed by atoms with Crippen LogP contribution in [0.25, 0.3) is 0 Å². The van der Waals surface area contributed by atoms with E-state index in [2.05, 4.69) is 5.32 Å². The molecule has 190 valence electrons. The van der Waals surface area contributed by atoms with Crippen LogP contribution in [0, 0.1) is 0 Å². The molecule has 0 saturated carbocycles. The van der Waals surface area contributed by atoms with Crippen LogP contribution in [0.1, 0.15) is 23.1 Å². The standard InChI is InChI=1S/C29H34N2O5/c1-35-26-15-14-24(19-27(26)36-2)20-28(33)31(21-23-12-7-4-8-13-23)25(29(34)30-16-9-17-32)18-22-10-5-3-6-11-22/h3-8,10-15,19,25,32H,9,16-18,20-21H2,1-2H3,(H,30,34)/t25-/m0/s1. The van der Waals surface area contributed by atoms with Gasteiger partial charge in [-0.2, -0.15) is 0 Å². The first-order valence-electron chi connectivity index (χ1n) is 12.0. The Morgan fingerprint density at radius 1 is 0.861 bits per heavy atom. The molecule has 7 nitrogen and oxygen atoms in total. The quantitative estimate of drug-likeness (QED) is 0.359. The van der Waals surface area contributed by atoms with Crippen LogP contribution in [0.2, 0.25) is 0 Å². The Hall–Kier alpha value is -3.84. The molecular weight excluding hydrogens is 456 g/mol. The van der Waals surface area contributed by atoms with Crippen molar-refractivity contribution in [3.63, 3.8) is 0 Å². The van der Waals surface area contributed by atoms with Gasteiger partial charge < -0.3 is 24.8 Å². The Morgan fingerprint density at radius 2 is 1.50 bits per heavy atom. The first-order chi connectivity index (χ1) is 17.5. The number of hydrogen-bond donors (Lipinski definition) is 2. The molecule has 0 heterocycles. The molecule has 0 aromatic heterocycles. The molecular formula is C29H34N2O5. The van der Waals surface area contributed by atoms with Crippen LogP contribution in [0.3, 0.4) is 0 Å². The molecule has 0 bridgehead atoms. The molecule has 2 N–H and O–H groups in total. The van der Waals surface area contributed by atoms with Gasteiger partial charge in [-0.1, -0.05) is 66.7 Å². The first-order valence-corrected chi connectivity index (χ1v) is 12.0. The molecule has 0 fully saturated rings. The summed E-state index contributed by atoms with van der Waals surface area (Å²) in [6, 6.07) is 24.0. The van der Waals surface area contributed by atoms with Crippen LogP contribution in [-0.4, -0.2) is 55.2 Å². The third kappa shape index (κ3) is 7.58. The fourth-order valence-corrected chi connectivity index (χ4v) is 4.01. The van der Waals surface area contributed by atoms with Gasteiger partial charge in [0.05, 0.1) is 20.6 Å². The summed E-state index contributed by atoms with van der Waals surface area (Å²) in [7, 11) is 3.12. The number of nitrogens with one attached hydrogen (secondary N) is 1. The predicted octanol–water partition coefficient (Wildman–Crippen LogP) is 3.39. The lowest BCUT2D eigenvalue weighted by Gasteiger charge is -2.31. The molecule has 0 aliphatic heterocycles. The zero-order valence-electron chi connectivity index (χ0n) is 20.9. The lowest BCUT2D eigenvalue weighted by Crippen LogP contribution is -2.51. The van der Waals surface area contributed by atoms with Gasteiger partial charge in [0.15, 0.2) is 11.5 Å². The van der Waals surface area contributed by atoms with Crippen molar-refractivity contribution in [2.24, 2.45) is 0 Å². The number of nitrogens with zero attached hydrogens (tertiary/aromatic N) is 1. The molecule has 3 aromatic carbocycles. The average Bonchev–Trinajstić information content (AvgIpc) is 2.91. The van der Waals surface area contributed by atoms with E-state index >= 15 is 0 Å². The highest BCUT2D eigenvalue weighted by Gasteiger charge is 2.30. The van der Waals surface area contributed by atoms with Crippen molar-refractivity contribution in [1.29, 1.82) is 0 Å². The Bertz CT molecular complexity index is 1110. The largest absolute Gasteiger partial charge is 0.493 e. The van der Waals surface area contributed by atoms with Gasteiger partial charge in [-0.3, -0.25) is 9.59 Å². The van der Waals surface area contributed by atoms with Crippen molar-refractivity contribution in [2.75, 3.05) is 27.4 Å². The molecule has 3 aromatic rings. The van der Waals surface area contributed by atoms with Crippen molar-refractivity contribution in [2.45, 2.75) is 31.8 Å². The van der Waals surface area contributed by atoms with Gasteiger partial charge >= 0.3 is 0 Å². The highest BCUT2D eigenvalue weighted by atomic mass is 16.5. The summed E-state index contributed by atoms with van der Waals surface area (Å²) in [4.78, 5) is 28.8. The van der Waals surface area contributed by atoms with Gasteiger partial charge in [0.25, 0.3) is 0 Å². The Kier molecular flexibility index (Phi) is 10.3. The van der Waals surface area contributed by atoms with Crippen LogP contribution in [0.15, 0.2) is 78.9 Å². The van der Waals surface area contributed by atoms with Crippen LogP contribution < -0.4 is 14.8 Å². The fourth-order valence-electron chi connectivity index (χ4n) is 4.01. The SMILES string of the molecule is COc1ccc(CC(=O)N(Cc2ccccc2)[C@@H](Cc2ccccc2)C(=O)NCCCO)cc1OC. The van der Waals surface area contributed by atoms with E-state index in [4.69, 9.17) is 14.6 Å². The van der Waals surface area contributed by atoms with E-state index in [0.717, 1.165) is 16.7 Å². The molecule has 1 atom stereocenters. The second-order valence-corrected chi connectivity index (χ2v) is 8.45. The first kappa shape index (κ1) is 26.8. The van der Waals surface area contributed by atoms with Gasteiger partial charge in [-0.15, -0.1) is 0 Å². The molecule has 3 rings (SSSR count). The number of ether oxygens (including phenoxy) is 2. The summed E-state index contributed by atoms with van der Waals surface area (Å²) < 4.78 is 10.7. The minimum Gasteiger partial charge on any atom is -0.493 e. The highest BCUT2D eigenvalue weighted by molar-refractivity contribution is 5.88. The van der Waals surface area contributed by atoms with Gasteiger partial charge in [0.2, 0.25) is 11.8 Å². The van der Waals surface area contributed by atoms with Crippen LogP contribution >= 0.6 is 0 Å². The number of benzene rings is 3. The lowest BCUT2D eigenvalue weighted by atomic mass is 10.0. The highest BCUT2D eigenvalue weighted by Crippen LogP contribution is 2.28. The van der Waals surface area contributed by atoms with E-state index in [0.29, 0.717) is 30.9 Å². The van der Waals surface area contributed by atoms with Crippen molar-refractivity contribution in [1.82, 2.24) is 10.2 Å². The maximum atomic E-state index is 13.8. The van der Waals surface area contributed by atoms with E-state index in [1.54, 1.807) is 31.3 Å². The maximum absolute atomic E-state index is 13.8. The summed E-state index contributed by atoms with van der Waals surface area (Å²) in [6.07, 6.45) is 0.917. The number of amides is 2. The van der Waals surface area contributed by atoms with Crippen LogP contribution in [0.4, 0.5) is 0 Å². The van der Waals surface area contributed by atoms with Gasteiger partial charge in [0, 0.05) is 26.1 Å². The summed E-state index contributed by atoms with van der Waals surface area (Å²) in [5.41, 5.74) is 2.64. The van der Waals surface area contributed by atoms with Crippen molar-refractivity contribution < 1.29 is 24.2 Å². The van der Waals surface area contributed by atoms with E-state index in [1.807, 2.05) is 66.7 Å². The van der Waals surface area contributed by atoms with Crippen molar-refractivity contribution >= 4 is 11.8 Å². The number of aliphatic hydroxyl groups excluding tert-OH is 1. The fraction of sp³-hybridized carbons (Fsp3) is 0.310. The topological polar surface area (TPSA) is 88.1 Å². The molecule has 0 radical (unpaired) electrons. The van der Waals surface area contributed by atoms with E-state index < -0.39 is 6.04 Å². The normalized spacial score (nSPS) is 11.4. The summed E-state index contributed by atoms with van der Waals surface area (Å²) in [5.74, 6) is 0.702. The van der Waals surface area contributed by atoms with Gasteiger partial charge in [0.1, 0.15) is 6.04 Å². The molecule has 0 spiro atoms. The third-order valence-electron chi connectivity index (χ3n) is 5.90. The summed E-state index contributed by atoms with van der Waals surface area (Å²) >= 11 is 0. The maximum Gasteiger partial charge on any atom is 0.243 e. The zero-order chi connectivity index (χ0) is 25.8. The number of aliphatic hydroxyl groups is 1. The van der Waals surface area contributed by atoms with E-state index in [-0.39, 0.29) is 31.4 Å². The van der Waals surface area contributed by atoms with Crippen molar-refractivity contribution in [3.05, 3.63) is 95.6 Å². The Morgan fingerprint density at radius 3 is 2.11 bits per heavy atom. The molecule has 0 unspecified atom stereocenters. The second kappa shape index (κ2) is 13.9. The van der Waals surface area contributed by atoms with Gasteiger partial charge in [-0.05, 0) is 35.2 Å². The molecule has 0 aliphatic carbocycles. The third-order valence-corrected chi connectivity index (χ3v) is 5.90. The summed E-state index contributed by atoms with van der Waals surface area (Å²) in [5, 5.41) is 12.0. The number of rotatable bonds is 13. The monoisotopic (exact) mass is 490 g/mol. The van der Waals surface area contributed by atoms with E-state index in [1.165, 1.54) is 0 Å². The Balaban J connectivity index is 1.93. The smallest absolute Gasteiger partial charge is 0.243 e.